The van der Waals surface area contributed by atoms with Crippen LogP contribution in [0, 0.1) is 0 Å². The average molecular weight is 488 g/mol. The summed E-state index contributed by atoms with van der Waals surface area (Å²) in [6.07, 6.45) is 3.26. The fraction of sp³-hybridized carbons (Fsp3) is 0.571. The van der Waals surface area contributed by atoms with Crippen molar-refractivity contribution in [3.63, 3.8) is 0 Å². The highest BCUT2D eigenvalue weighted by molar-refractivity contribution is 14.0. The van der Waals surface area contributed by atoms with Crippen LogP contribution in [0.3, 0.4) is 0 Å². The smallest absolute Gasteiger partial charge is 0.214 e. The summed E-state index contributed by atoms with van der Waals surface area (Å²) in [5.74, 6) is 0.915. The lowest BCUT2D eigenvalue weighted by molar-refractivity contribution is 0.445. The van der Waals surface area contributed by atoms with E-state index in [1.54, 1.807) is 19.3 Å². The Bertz CT molecular complexity index is 639. The second-order valence-corrected chi connectivity index (χ2v) is 7.71. The van der Waals surface area contributed by atoms with Crippen LogP contribution in [0.15, 0.2) is 23.3 Å². The molecule has 1 aromatic rings. The lowest BCUT2D eigenvalue weighted by atomic mass is 10.2. The van der Waals surface area contributed by atoms with Gasteiger partial charge >= 0.3 is 0 Å². The van der Waals surface area contributed by atoms with E-state index in [4.69, 9.17) is 11.6 Å². The van der Waals surface area contributed by atoms with Crippen LogP contribution in [-0.4, -0.2) is 62.6 Å². The highest BCUT2D eigenvalue weighted by atomic mass is 127. The number of aromatic nitrogens is 1. The molecule has 0 radical (unpaired) electrons. The van der Waals surface area contributed by atoms with Gasteiger partial charge in [0.25, 0.3) is 0 Å². The first kappa shape index (κ1) is 21.4. The Morgan fingerprint density at radius 2 is 2.12 bits per heavy atom. The van der Waals surface area contributed by atoms with Crippen molar-refractivity contribution in [2.75, 3.05) is 39.0 Å². The zero-order valence-electron chi connectivity index (χ0n) is 13.5. The van der Waals surface area contributed by atoms with Crippen LogP contribution in [-0.2, 0) is 16.4 Å². The Morgan fingerprint density at radius 1 is 1.38 bits per heavy atom. The number of sulfonamides is 1. The van der Waals surface area contributed by atoms with E-state index >= 15 is 0 Å². The minimum atomic E-state index is -3.03. The fourth-order valence-electron chi connectivity index (χ4n) is 2.34. The molecule has 7 nitrogen and oxygen atoms in total. The molecule has 0 unspecified atom stereocenters. The molecule has 1 aliphatic rings. The van der Waals surface area contributed by atoms with Crippen LogP contribution >= 0.6 is 35.6 Å². The molecular weight excluding hydrogens is 465 g/mol. The molecule has 2 rings (SSSR count). The predicted molar refractivity (Wildman–Crippen MR) is 108 cm³/mol. The molecule has 0 bridgehead atoms. The molecule has 0 atom stereocenters. The minimum absolute atomic E-state index is 0. The number of rotatable bonds is 6. The number of aliphatic imine (C=N–C) groups is 1. The molecule has 1 aromatic heterocycles. The van der Waals surface area contributed by atoms with E-state index < -0.39 is 10.0 Å². The van der Waals surface area contributed by atoms with Gasteiger partial charge in [-0.15, -0.1) is 24.0 Å². The van der Waals surface area contributed by atoms with Crippen LogP contribution in [0.5, 0.6) is 0 Å². The largest absolute Gasteiger partial charge is 0.356 e. The first-order valence-corrected chi connectivity index (χ1v) is 9.53. The third kappa shape index (κ3) is 6.69. The molecule has 0 saturated carbocycles. The molecule has 24 heavy (non-hydrogen) atoms. The number of pyridine rings is 1. The third-order valence-corrected chi connectivity index (χ3v) is 5.76. The van der Waals surface area contributed by atoms with Crippen molar-refractivity contribution in [2.24, 2.45) is 4.99 Å². The monoisotopic (exact) mass is 487 g/mol. The maximum Gasteiger partial charge on any atom is 0.214 e. The van der Waals surface area contributed by atoms with Crippen LogP contribution in [0.1, 0.15) is 12.0 Å². The molecule has 136 valence electrons. The van der Waals surface area contributed by atoms with Crippen molar-refractivity contribution < 1.29 is 8.42 Å². The number of nitrogens with zero attached hydrogens (tertiary/aromatic N) is 3. The van der Waals surface area contributed by atoms with Crippen molar-refractivity contribution >= 4 is 51.6 Å². The van der Waals surface area contributed by atoms with Gasteiger partial charge in [0, 0.05) is 39.4 Å². The summed E-state index contributed by atoms with van der Waals surface area (Å²) in [6.45, 7) is 2.30. The first-order chi connectivity index (χ1) is 11.0. The van der Waals surface area contributed by atoms with E-state index in [0.717, 1.165) is 12.0 Å². The van der Waals surface area contributed by atoms with Crippen molar-refractivity contribution in [1.82, 2.24) is 19.9 Å². The maximum atomic E-state index is 11.7. The normalized spacial score (nSPS) is 17.3. The molecule has 1 aliphatic heterocycles. The van der Waals surface area contributed by atoms with Crippen molar-refractivity contribution in [3.05, 3.63) is 29.0 Å². The fourth-order valence-corrected chi connectivity index (χ4v) is 3.98. The summed E-state index contributed by atoms with van der Waals surface area (Å²) >= 11 is 5.75. The van der Waals surface area contributed by atoms with Gasteiger partial charge in [-0.3, -0.25) is 4.99 Å². The summed E-state index contributed by atoms with van der Waals surface area (Å²) in [5, 5.41) is 6.80. The van der Waals surface area contributed by atoms with Gasteiger partial charge in [0.1, 0.15) is 5.15 Å². The van der Waals surface area contributed by atoms with Gasteiger partial charge in [-0.05, 0) is 24.5 Å². The molecule has 1 fully saturated rings. The highest BCUT2D eigenvalue weighted by Crippen LogP contribution is 2.11. The molecule has 10 heteroatoms. The number of guanidine groups is 1. The van der Waals surface area contributed by atoms with Crippen molar-refractivity contribution in [1.29, 1.82) is 0 Å². The Kier molecular flexibility index (Phi) is 9.24. The first-order valence-electron chi connectivity index (χ1n) is 7.54. The molecule has 0 aliphatic carbocycles. The SMILES string of the molecule is CN=C(NCCc1ccc(Cl)nc1)NCCN1CCCS1(=O)=O.I. The average Bonchev–Trinajstić information content (AvgIpc) is 2.86. The van der Waals surface area contributed by atoms with E-state index in [0.29, 0.717) is 43.7 Å². The van der Waals surface area contributed by atoms with Gasteiger partial charge in [0.2, 0.25) is 10.0 Å². The van der Waals surface area contributed by atoms with E-state index in [9.17, 15) is 8.42 Å². The summed E-state index contributed by atoms with van der Waals surface area (Å²) in [6, 6.07) is 3.70. The highest BCUT2D eigenvalue weighted by Gasteiger charge is 2.27. The van der Waals surface area contributed by atoms with Gasteiger partial charge in [-0.1, -0.05) is 17.7 Å². The Labute approximate surface area is 165 Å². The Hall–Kier alpha value is -0.650. The van der Waals surface area contributed by atoms with Gasteiger partial charge in [-0.2, -0.15) is 0 Å². The van der Waals surface area contributed by atoms with Crippen LogP contribution in [0.25, 0.3) is 0 Å². The van der Waals surface area contributed by atoms with Crippen LogP contribution < -0.4 is 10.6 Å². The maximum absolute atomic E-state index is 11.7. The van der Waals surface area contributed by atoms with Crippen molar-refractivity contribution in [3.8, 4) is 0 Å². The standard InChI is InChI=1S/C14H22ClN5O2S.HI/c1-16-14(17-6-5-12-3-4-13(15)19-11-12)18-7-9-20-8-2-10-23(20,21)22;/h3-4,11H,2,5-10H2,1H3,(H2,16,17,18);1H. The molecule has 2 heterocycles. The van der Waals surface area contributed by atoms with E-state index in [2.05, 4.69) is 20.6 Å². The molecule has 2 N–H and O–H groups in total. The zero-order valence-corrected chi connectivity index (χ0v) is 17.4. The van der Waals surface area contributed by atoms with E-state index in [1.807, 2.05) is 6.07 Å². The summed E-state index contributed by atoms with van der Waals surface area (Å²) in [5.41, 5.74) is 1.08. The summed E-state index contributed by atoms with van der Waals surface area (Å²) in [7, 11) is -1.35. The van der Waals surface area contributed by atoms with Gasteiger partial charge < -0.3 is 10.6 Å². The second kappa shape index (κ2) is 10.4. The van der Waals surface area contributed by atoms with Crippen LogP contribution in [0.2, 0.25) is 5.15 Å². The van der Waals surface area contributed by atoms with Gasteiger partial charge in [0.05, 0.1) is 5.75 Å². The zero-order chi connectivity index (χ0) is 16.7. The molecule has 0 aromatic carbocycles. The quantitative estimate of drug-likeness (QED) is 0.272. The topological polar surface area (TPSA) is 86.7 Å². The molecule has 0 spiro atoms. The molecular formula is C14H23ClIN5O2S. The number of nitrogens with one attached hydrogen (secondary N) is 2. The Balaban J connectivity index is 0.00000288. The van der Waals surface area contributed by atoms with Gasteiger partial charge in [-0.25, -0.2) is 17.7 Å². The number of hydrogen-bond acceptors (Lipinski definition) is 4. The lowest BCUT2D eigenvalue weighted by Crippen LogP contribution is -2.42. The predicted octanol–water partition coefficient (Wildman–Crippen LogP) is 1.10. The minimum Gasteiger partial charge on any atom is -0.356 e. The summed E-state index contributed by atoms with van der Waals surface area (Å²) < 4.78 is 24.9. The summed E-state index contributed by atoms with van der Waals surface area (Å²) in [4.78, 5) is 8.16. The van der Waals surface area contributed by atoms with E-state index in [-0.39, 0.29) is 29.7 Å². The van der Waals surface area contributed by atoms with E-state index in [1.165, 1.54) is 4.31 Å². The number of hydrogen-bond donors (Lipinski definition) is 2. The molecule has 0 amide bonds. The number of halogens is 2. The lowest BCUT2D eigenvalue weighted by Gasteiger charge is -2.16. The Morgan fingerprint density at radius 3 is 2.71 bits per heavy atom. The third-order valence-electron chi connectivity index (χ3n) is 3.58. The molecule has 1 saturated heterocycles. The van der Waals surface area contributed by atoms with Crippen molar-refractivity contribution in [2.45, 2.75) is 12.8 Å². The second-order valence-electron chi connectivity index (χ2n) is 5.23. The van der Waals surface area contributed by atoms with Gasteiger partial charge in [0.15, 0.2) is 5.96 Å². The van der Waals surface area contributed by atoms with Crippen LogP contribution in [0.4, 0.5) is 0 Å².